The molecule has 0 unspecified atom stereocenters. The molecule has 0 atom stereocenters. The monoisotopic (exact) mass is 308 g/mol. The summed E-state index contributed by atoms with van der Waals surface area (Å²) in [5.41, 5.74) is -0.0866. The van der Waals surface area contributed by atoms with Crippen LogP contribution in [-0.4, -0.2) is 42.8 Å². The van der Waals surface area contributed by atoms with E-state index in [9.17, 15) is 18.0 Å². The van der Waals surface area contributed by atoms with Gasteiger partial charge >= 0.3 is 12.0 Å². The number of hydrogen-bond acceptors (Lipinski definition) is 6. The number of aromatic nitrogens is 1. The molecule has 0 spiro atoms. The molecule has 0 aromatic carbocycles. The summed E-state index contributed by atoms with van der Waals surface area (Å²) in [6.45, 7) is -0.0535. The summed E-state index contributed by atoms with van der Waals surface area (Å²) in [4.78, 5) is 25.6. The maximum Gasteiger partial charge on any atom is 0.355 e. The highest BCUT2D eigenvalue weighted by Gasteiger charge is 2.09. The van der Waals surface area contributed by atoms with Crippen molar-refractivity contribution in [3.63, 3.8) is 0 Å². The normalized spacial score (nSPS) is 11.0. The molecule has 0 bridgehead atoms. The van der Waals surface area contributed by atoms with Gasteiger partial charge in [0.2, 0.25) is 10.0 Å². The molecule has 106 valence electrons. The molecule has 1 aromatic rings. The van der Waals surface area contributed by atoms with Crippen molar-refractivity contribution < 1.29 is 23.1 Å². The van der Waals surface area contributed by atoms with Gasteiger partial charge in [-0.2, -0.15) is 0 Å². The number of nitrogens with one attached hydrogen (secondary N) is 2. The fourth-order valence-electron chi connectivity index (χ4n) is 1.02. The van der Waals surface area contributed by atoms with Crippen LogP contribution in [-0.2, 0) is 16.6 Å². The zero-order valence-electron chi connectivity index (χ0n) is 9.62. The van der Waals surface area contributed by atoms with Crippen LogP contribution < -0.4 is 15.8 Å². The summed E-state index contributed by atoms with van der Waals surface area (Å²) in [7, 11) is -3.61. The number of carboxylic acid groups (broad SMARTS) is 1. The molecule has 19 heavy (non-hydrogen) atoms. The van der Waals surface area contributed by atoms with Crippen LogP contribution in [0.25, 0.3) is 0 Å². The first-order valence-corrected chi connectivity index (χ1v) is 7.57. The fourth-order valence-corrected chi connectivity index (χ4v) is 2.11. The van der Waals surface area contributed by atoms with Crippen molar-refractivity contribution in [2.24, 2.45) is 5.14 Å². The van der Waals surface area contributed by atoms with E-state index in [0.29, 0.717) is 5.01 Å². The lowest BCUT2D eigenvalue weighted by atomic mass is 10.5. The predicted octanol–water partition coefficient (Wildman–Crippen LogP) is -1.07. The highest BCUT2D eigenvalue weighted by Crippen LogP contribution is 2.08. The van der Waals surface area contributed by atoms with Gasteiger partial charge in [-0.3, -0.25) is 0 Å². The first-order chi connectivity index (χ1) is 8.78. The van der Waals surface area contributed by atoms with E-state index in [2.05, 4.69) is 15.6 Å². The topological polar surface area (TPSA) is 151 Å². The Hall–Kier alpha value is -1.72. The van der Waals surface area contributed by atoms with Crippen molar-refractivity contribution in [2.45, 2.75) is 6.54 Å². The number of carbonyl (C=O) groups excluding carboxylic acids is 1. The zero-order chi connectivity index (χ0) is 14.5. The average Bonchev–Trinajstić information content (AvgIpc) is 2.73. The quantitative estimate of drug-likeness (QED) is 0.525. The van der Waals surface area contributed by atoms with E-state index in [1.807, 2.05) is 0 Å². The molecule has 1 heterocycles. The number of carboxylic acids is 1. The molecule has 0 aliphatic rings. The Morgan fingerprint density at radius 2 is 2.11 bits per heavy atom. The van der Waals surface area contributed by atoms with Crippen LogP contribution >= 0.6 is 11.3 Å². The molecule has 0 radical (unpaired) electrons. The number of hydrogen-bond donors (Lipinski definition) is 4. The Balaban J connectivity index is 2.31. The number of urea groups is 1. The lowest BCUT2D eigenvalue weighted by Crippen LogP contribution is -2.38. The van der Waals surface area contributed by atoms with Gasteiger partial charge in [0.15, 0.2) is 5.69 Å². The standard InChI is InChI=1S/C8H12N4O5S2/c9-19(16,17)2-1-10-8(15)11-3-6-12-5(4-18-6)7(13)14/h4H,1-3H2,(H,13,14)(H2,9,16,17)(H2,10,11,15). The van der Waals surface area contributed by atoms with E-state index in [-0.39, 0.29) is 24.5 Å². The highest BCUT2D eigenvalue weighted by molar-refractivity contribution is 7.89. The van der Waals surface area contributed by atoms with Crippen LogP contribution in [0.3, 0.4) is 0 Å². The summed E-state index contributed by atoms with van der Waals surface area (Å²) in [5, 5.41) is 19.9. The van der Waals surface area contributed by atoms with E-state index in [4.69, 9.17) is 10.2 Å². The van der Waals surface area contributed by atoms with Crippen LogP contribution in [0.15, 0.2) is 5.38 Å². The minimum Gasteiger partial charge on any atom is -0.476 e. The molecule has 0 saturated carbocycles. The minimum atomic E-state index is -3.61. The molecule has 2 amide bonds. The van der Waals surface area contributed by atoms with E-state index < -0.39 is 22.0 Å². The summed E-state index contributed by atoms with van der Waals surface area (Å²) in [5.74, 6) is -1.50. The Morgan fingerprint density at radius 3 is 2.63 bits per heavy atom. The maximum absolute atomic E-state index is 11.2. The third kappa shape index (κ3) is 6.13. The van der Waals surface area contributed by atoms with Crippen molar-refractivity contribution in [1.82, 2.24) is 15.6 Å². The smallest absolute Gasteiger partial charge is 0.355 e. The van der Waals surface area contributed by atoms with Gasteiger partial charge in [-0.15, -0.1) is 11.3 Å². The largest absolute Gasteiger partial charge is 0.476 e. The Kier molecular flexibility index (Phi) is 5.20. The lowest BCUT2D eigenvalue weighted by molar-refractivity contribution is 0.0691. The molecule has 0 saturated heterocycles. The molecular formula is C8H12N4O5S2. The summed E-state index contributed by atoms with van der Waals surface area (Å²) in [6.07, 6.45) is 0. The Morgan fingerprint density at radius 1 is 1.42 bits per heavy atom. The summed E-state index contributed by atoms with van der Waals surface area (Å²) >= 11 is 1.10. The predicted molar refractivity (Wildman–Crippen MR) is 67.3 cm³/mol. The van der Waals surface area contributed by atoms with Gasteiger partial charge in [0.25, 0.3) is 0 Å². The molecule has 0 aliphatic heterocycles. The van der Waals surface area contributed by atoms with Crippen molar-refractivity contribution in [3.8, 4) is 0 Å². The third-order valence-corrected chi connectivity index (χ3v) is 3.47. The van der Waals surface area contributed by atoms with Gasteiger partial charge in [-0.25, -0.2) is 28.1 Å². The molecule has 11 heteroatoms. The van der Waals surface area contributed by atoms with Crippen molar-refractivity contribution in [1.29, 1.82) is 0 Å². The first kappa shape index (κ1) is 15.3. The van der Waals surface area contributed by atoms with Gasteiger partial charge < -0.3 is 15.7 Å². The van der Waals surface area contributed by atoms with Crippen molar-refractivity contribution >= 4 is 33.4 Å². The van der Waals surface area contributed by atoms with Gasteiger partial charge in [0.05, 0.1) is 12.3 Å². The van der Waals surface area contributed by atoms with Crippen LogP contribution in [0.4, 0.5) is 4.79 Å². The first-order valence-electron chi connectivity index (χ1n) is 4.98. The molecule has 0 fully saturated rings. The van der Waals surface area contributed by atoms with Gasteiger partial charge in [-0.1, -0.05) is 0 Å². The molecular weight excluding hydrogens is 296 g/mol. The second-order valence-electron chi connectivity index (χ2n) is 3.41. The second-order valence-corrected chi connectivity index (χ2v) is 6.08. The number of nitrogens with zero attached hydrogens (tertiary/aromatic N) is 1. The highest BCUT2D eigenvalue weighted by atomic mass is 32.2. The Labute approximate surface area is 112 Å². The number of amides is 2. The number of sulfonamides is 1. The minimum absolute atomic E-state index is 0.0547. The number of aromatic carboxylic acids is 1. The van der Waals surface area contributed by atoms with Crippen molar-refractivity contribution in [2.75, 3.05) is 12.3 Å². The zero-order valence-corrected chi connectivity index (χ0v) is 11.3. The van der Waals surface area contributed by atoms with Gasteiger partial charge in [0, 0.05) is 11.9 Å². The molecule has 9 nitrogen and oxygen atoms in total. The summed E-state index contributed by atoms with van der Waals surface area (Å²) < 4.78 is 21.2. The Bertz CT molecular complexity index is 567. The molecule has 5 N–H and O–H groups in total. The SMILES string of the molecule is NS(=O)(=O)CCNC(=O)NCc1nc(C(=O)O)cs1. The average molecular weight is 308 g/mol. The van der Waals surface area contributed by atoms with Gasteiger partial charge in [-0.05, 0) is 0 Å². The second kappa shape index (κ2) is 6.45. The number of thiazole rings is 1. The lowest BCUT2D eigenvalue weighted by Gasteiger charge is -2.05. The maximum atomic E-state index is 11.2. The van der Waals surface area contributed by atoms with E-state index >= 15 is 0 Å². The van der Waals surface area contributed by atoms with E-state index in [1.54, 1.807) is 0 Å². The van der Waals surface area contributed by atoms with Crippen LogP contribution in [0.1, 0.15) is 15.5 Å². The molecule has 0 aliphatic carbocycles. The van der Waals surface area contributed by atoms with Crippen LogP contribution in [0, 0.1) is 0 Å². The van der Waals surface area contributed by atoms with Crippen molar-refractivity contribution in [3.05, 3.63) is 16.1 Å². The molecule has 1 rings (SSSR count). The van der Waals surface area contributed by atoms with Gasteiger partial charge in [0.1, 0.15) is 5.01 Å². The fraction of sp³-hybridized carbons (Fsp3) is 0.375. The molecule has 1 aromatic heterocycles. The number of nitrogens with two attached hydrogens (primary N) is 1. The summed E-state index contributed by atoms with van der Waals surface area (Å²) in [6, 6.07) is -0.587. The van der Waals surface area contributed by atoms with E-state index in [1.165, 1.54) is 5.38 Å². The number of carbonyl (C=O) groups is 2. The number of primary sulfonamides is 1. The van der Waals surface area contributed by atoms with Crippen LogP contribution in [0.5, 0.6) is 0 Å². The van der Waals surface area contributed by atoms with E-state index in [0.717, 1.165) is 11.3 Å². The third-order valence-electron chi connectivity index (χ3n) is 1.84. The number of rotatable bonds is 6. The van der Waals surface area contributed by atoms with Crippen LogP contribution in [0.2, 0.25) is 0 Å².